The van der Waals surface area contributed by atoms with Gasteiger partial charge in [0.1, 0.15) is 0 Å². The number of nitrogens with one attached hydrogen (secondary N) is 1. The topological polar surface area (TPSA) is 45.2 Å². The molecule has 1 heterocycles. The van der Waals surface area contributed by atoms with E-state index in [1.807, 2.05) is 24.0 Å². The number of urea groups is 1. The summed E-state index contributed by atoms with van der Waals surface area (Å²) in [7, 11) is 0. The van der Waals surface area contributed by atoms with E-state index >= 15 is 0 Å². The summed E-state index contributed by atoms with van der Waals surface area (Å²) in [5.74, 6) is 0.470. The van der Waals surface area contributed by atoms with Crippen LogP contribution in [0.2, 0.25) is 0 Å². The number of aryl methyl sites for hydroxylation is 1. The van der Waals surface area contributed by atoms with Crippen LogP contribution in [-0.4, -0.2) is 28.0 Å². The van der Waals surface area contributed by atoms with Crippen LogP contribution in [0, 0.1) is 12.8 Å². The first-order valence-electron chi connectivity index (χ1n) is 7.47. The van der Waals surface area contributed by atoms with E-state index in [0.29, 0.717) is 18.5 Å². The van der Waals surface area contributed by atoms with Crippen molar-refractivity contribution >= 4 is 6.03 Å². The van der Waals surface area contributed by atoms with Gasteiger partial charge in [0, 0.05) is 18.3 Å². The average Bonchev–Trinajstić information content (AvgIpc) is 3.22. The molecule has 0 spiro atoms. The summed E-state index contributed by atoms with van der Waals surface area (Å²) in [5.41, 5.74) is 2.05. The Kier molecular flexibility index (Phi) is 4.63. The van der Waals surface area contributed by atoms with E-state index in [4.69, 9.17) is 0 Å². The number of carbonyl (C=O) groups is 1. The van der Waals surface area contributed by atoms with Crippen molar-refractivity contribution in [3.63, 3.8) is 0 Å². The third-order valence-electron chi connectivity index (χ3n) is 4.10. The van der Waals surface area contributed by atoms with Gasteiger partial charge in [0.05, 0.1) is 12.2 Å². The minimum Gasteiger partial charge on any atom is -0.332 e. The molecule has 1 aliphatic rings. The maximum absolute atomic E-state index is 12.4. The zero-order chi connectivity index (χ0) is 14.7. The molecule has 0 radical (unpaired) electrons. The lowest BCUT2D eigenvalue weighted by molar-refractivity contribution is 0.156. The van der Waals surface area contributed by atoms with Gasteiger partial charge in [-0.2, -0.15) is 0 Å². The summed E-state index contributed by atoms with van der Waals surface area (Å²) in [4.78, 5) is 18.8. The number of amides is 2. The summed E-state index contributed by atoms with van der Waals surface area (Å²) < 4.78 is 0. The summed E-state index contributed by atoms with van der Waals surface area (Å²) in [5, 5.41) is 3.02. The van der Waals surface area contributed by atoms with Gasteiger partial charge in [-0.3, -0.25) is 4.98 Å². The molecule has 1 fully saturated rings. The Bertz CT molecular complexity index is 469. The molecule has 1 aliphatic carbocycles. The minimum atomic E-state index is 0.0405. The fraction of sp³-hybridized carbons (Fsp3) is 0.625. The second-order valence-electron chi connectivity index (χ2n) is 6.05. The number of pyridine rings is 1. The molecule has 1 N–H and O–H groups in total. The van der Waals surface area contributed by atoms with Crippen LogP contribution < -0.4 is 5.32 Å². The van der Waals surface area contributed by atoms with Gasteiger partial charge in [-0.1, -0.05) is 19.9 Å². The zero-order valence-electron chi connectivity index (χ0n) is 12.9. The number of aromatic nitrogens is 1. The lowest BCUT2D eigenvalue weighted by atomic mass is 10.0. The Morgan fingerprint density at radius 2 is 2.15 bits per heavy atom. The van der Waals surface area contributed by atoms with Crippen LogP contribution in [0.4, 0.5) is 4.79 Å². The predicted molar refractivity (Wildman–Crippen MR) is 80.4 cm³/mol. The first-order chi connectivity index (χ1) is 9.50. The SMILES string of the molecule is Cc1cccnc1CNC(=O)N(C1CC1)[C@H](C)C(C)C. The second-order valence-corrected chi connectivity index (χ2v) is 6.05. The fourth-order valence-electron chi connectivity index (χ4n) is 2.31. The first kappa shape index (κ1) is 14.8. The molecular weight excluding hydrogens is 250 g/mol. The van der Waals surface area contributed by atoms with Crippen LogP contribution in [0.25, 0.3) is 0 Å². The van der Waals surface area contributed by atoms with Crippen molar-refractivity contribution in [2.45, 2.75) is 59.2 Å². The number of rotatable bonds is 5. The Hall–Kier alpha value is -1.58. The van der Waals surface area contributed by atoms with Gasteiger partial charge in [0.25, 0.3) is 0 Å². The van der Waals surface area contributed by atoms with E-state index in [1.54, 1.807) is 6.20 Å². The lowest BCUT2D eigenvalue weighted by Gasteiger charge is -2.32. The van der Waals surface area contributed by atoms with E-state index in [-0.39, 0.29) is 12.1 Å². The van der Waals surface area contributed by atoms with E-state index < -0.39 is 0 Å². The van der Waals surface area contributed by atoms with Crippen molar-refractivity contribution < 1.29 is 4.79 Å². The molecule has 1 aromatic heterocycles. The maximum atomic E-state index is 12.4. The third-order valence-corrected chi connectivity index (χ3v) is 4.10. The summed E-state index contributed by atoms with van der Waals surface area (Å²) in [6, 6.07) is 4.67. The van der Waals surface area contributed by atoms with Crippen molar-refractivity contribution in [3.8, 4) is 0 Å². The van der Waals surface area contributed by atoms with Crippen LogP contribution in [0.1, 0.15) is 44.9 Å². The molecule has 0 aromatic carbocycles. The number of hydrogen-bond donors (Lipinski definition) is 1. The Morgan fingerprint density at radius 1 is 1.45 bits per heavy atom. The van der Waals surface area contributed by atoms with Gasteiger partial charge in [-0.05, 0) is 44.2 Å². The molecular formula is C16H25N3O. The normalized spacial score (nSPS) is 16.1. The maximum Gasteiger partial charge on any atom is 0.318 e. The van der Waals surface area contributed by atoms with E-state index in [1.165, 1.54) is 0 Å². The summed E-state index contributed by atoms with van der Waals surface area (Å²) in [6.07, 6.45) is 4.03. The second kappa shape index (κ2) is 6.25. The van der Waals surface area contributed by atoms with Crippen LogP contribution in [-0.2, 0) is 6.54 Å². The smallest absolute Gasteiger partial charge is 0.318 e. The number of carbonyl (C=O) groups excluding carboxylic acids is 1. The summed E-state index contributed by atoms with van der Waals surface area (Å²) >= 11 is 0. The first-order valence-corrected chi connectivity index (χ1v) is 7.47. The highest BCUT2D eigenvalue weighted by molar-refractivity contribution is 5.75. The largest absolute Gasteiger partial charge is 0.332 e. The Morgan fingerprint density at radius 3 is 2.70 bits per heavy atom. The van der Waals surface area contributed by atoms with Gasteiger partial charge in [0.2, 0.25) is 0 Å². The molecule has 110 valence electrons. The standard InChI is InChI=1S/C16H25N3O/c1-11(2)13(4)19(14-7-8-14)16(20)18-10-15-12(3)6-5-9-17-15/h5-6,9,11,13-14H,7-8,10H2,1-4H3,(H,18,20)/t13-/m1/s1. The molecule has 4 nitrogen and oxygen atoms in total. The molecule has 0 unspecified atom stereocenters. The van der Waals surface area contributed by atoms with Crippen LogP contribution in [0.5, 0.6) is 0 Å². The Balaban J connectivity index is 1.97. The van der Waals surface area contributed by atoms with E-state index in [2.05, 4.69) is 31.1 Å². The highest BCUT2D eigenvalue weighted by atomic mass is 16.2. The molecule has 20 heavy (non-hydrogen) atoms. The van der Waals surface area contributed by atoms with Crippen molar-refractivity contribution in [2.24, 2.45) is 5.92 Å². The van der Waals surface area contributed by atoms with Crippen molar-refractivity contribution in [3.05, 3.63) is 29.6 Å². The van der Waals surface area contributed by atoms with Crippen LogP contribution in [0.3, 0.4) is 0 Å². The number of nitrogens with zero attached hydrogens (tertiary/aromatic N) is 2. The zero-order valence-corrected chi connectivity index (χ0v) is 12.9. The van der Waals surface area contributed by atoms with Crippen LogP contribution >= 0.6 is 0 Å². The van der Waals surface area contributed by atoms with E-state index in [0.717, 1.165) is 24.1 Å². The number of hydrogen-bond acceptors (Lipinski definition) is 2. The quantitative estimate of drug-likeness (QED) is 0.897. The Labute approximate surface area is 121 Å². The minimum absolute atomic E-state index is 0.0405. The van der Waals surface area contributed by atoms with Gasteiger partial charge in [0.15, 0.2) is 0 Å². The molecule has 0 saturated heterocycles. The molecule has 4 heteroatoms. The average molecular weight is 275 g/mol. The molecule has 2 amide bonds. The molecule has 1 atom stereocenters. The summed E-state index contributed by atoms with van der Waals surface area (Å²) in [6.45, 7) is 8.98. The lowest BCUT2D eigenvalue weighted by Crippen LogP contribution is -2.48. The van der Waals surface area contributed by atoms with Gasteiger partial charge >= 0.3 is 6.03 Å². The highest BCUT2D eigenvalue weighted by Gasteiger charge is 2.36. The molecule has 2 rings (SSSR count). The monoisotopic (exact) mass is 275 g/mol. The van der Waals surface area contributed by atoms with Crippen molar-refractivity contribution in [1.29, 1.82) is 0 Å². The van der Waals surface area contributed by atoms with Gasteiger partial charge in [-0.15, -0.1) is 0 Å². The molecule has 0 aliphatic heterocycles. The van der Waals surface area contributed by atoms with Gasteiger partial charge < -0.3 is 10.2 Å². The van der Waals surface area contributed by atoms with Crippen molar-refractivity contribution in [2.75, 3.05) is 0 Å². The van der Waals surface area contributed by atoms with E-state index in [9.17, 15) is 4.79 Å². The molecule has 1 saturated carbocycles. The third kappa shape index (κ3) is 3.50. The molecule has 0 bridgehead atoms. The van der Waals surface area contributed by atoms with Gasteiger partial charge in [-0.25, -0.2) is 4.79 Å². The predicted octanol–water partition coefficient (Wildman–Crippen LogP) is 3.11. The highest BCUT2D eigenvalue weighted by Crippen LogP contribution is 2.30. The van der Waals surface area contributed by atoms with Crippen LogP contribution in [0.15, 0.2) is 18.3 Å². The molecule has 1 aromatic rings. The van der Waals surface area contributed by atoms with Crippen molar-refractivity contribution in [1.82, 2.24) is 15.2 Å². The fourth-order valence-corrected chi connectivity index (χ4v) is 2.31.